The summed E-state index contributed by atoms with van der Waals surface area (Å²) in [6, 6.07) is 8.09. The summed E-state index contributed by atoms with van der Waals surface area (Å²) in [4.78, 5) is 14.7. The lowest BCUT2D eigenvalue weighted by Crippen LogP contribution is -2.04. The average molecular weight is 264 g/mol. The molecular weight excluding hydrogens is 248 g/mol. The summed E-state index contributed by atoms with van der Waals surface area (Å²) in [6.07, 6.45) is 1.72. The van der Waals surface area contributed by atoms with Crippen molar-refractivity contribution in [2.75, 3.05) is 17.6 Å². The Kier molecular flexibility index (Phi) is 4.64. The molecule has 2 rings (SSSR count). The Morgan fingerprint density at radius 3 is 2.78 bits per heavy atom. The Morgan fingerprint density at radius 2 is 2.17 bits per heavy atom. The Labute approximate surface area is 111 Å². The molecule has 1 aromatic rings. The van der Waals surface area contributed by atoms with Crippen LogP contribution in [0, 0.1) is 0 Å². The first-order valence-corrected chi connectivity index (χ1v) is 6.97. The summed E-state index contributed by atoms with van der Waals surface area (Å²) in [5, 5.41) is 12.8. The maximum atomic E-state index is 10.4. The standard InChI is InChI=1S/C13H16N2O2S/c16-12(17)3-1-2-10-4-6-11(7-5-10)15-13-14-8-9-18-13/h4-7H,1-3,8-9H2,(H,14,15)(H,16,17). The van der Waals surface area contributed by atoms with Crippen molar-refractivity contribution >= 4 is 28.6 Å². The van der Waals surface area contributed by atoms with Crippen molar-refractivity contribution < 1.29 is 9.90 Å². The largest absolute Gasteiger partial charge is 0.481 e. The van der Waals surface area contributed by atoms with E-state index < -0.39 is 5.97 Å². The Hall–Kier alpha value is -1.49. The van der Waals surface area contributed by atoms with Crippen molar-refractivity contribution in [1.82, 2.24) is 0 Å². The minimum Gasteiger partial charge on any atom is -0.481 e. The van der Waals surface area contributed by atoms with Crippen LogP contribution >= 0.6 is 11.8 Å². The number of hydrogen-bond acceptors (Lipinski definition) is 4. The number of benzene rings is 1. The van der Waals surface area contributed by atoms with Gasteiger partial charge in [0.15, 0.2) is 5.17 Å². The number of carboxylic acid groups (broad SMARTS) is 1. The lowest BCUT2D eigenvalue weighted by Gasteiger charge is -2.06. The van der Waals surface area contributed by atoms with Crippen molar-refractivity contribution in [2.24, 2.45) is 4.99 Å². The summed E-state index contributed by atoms with van der Waals surface area (Å²) < 4.78 is 0. The summed E-state index contributed by atoms with van der Waals surface area (Å²) in [6.45, 7) is 0.889. The second-order valence-corrected chi connectivity index (χ2v) is 5.19. The Bertz CT molecular complexity index is 443. The fourth-order valence-electron chi connectivity index (χ4n) is 1.73. The van der Waals surface area contributed by atoms with E-state index in [-0.39, 0.29) is 6.42 Å². The molecule has 1 aliphatic heterocycles. The molecule has 0 saturated heterocycles. The van der Waals surface area contributed by atoms with E-state index in [0.717, 1.165) is 29.6 Å². The first kappa shape index (κ1) is 13.0. The van der Waals surface area contributed by atoms with Crippen LogP contribution in [0.2, 0.25) is 0 Å². The molecule has 18 heavy (non-hydrogen) atoms. The van der Waals surface area contributed by atoms with Gasteiger partial charge in [0.25, 0.3) is 0 Å². The van der Waals surface area contributed by atoms with Crippen LogP contribution in [0.15, 0.2) is 29.3 Å². The van der Waals surface area contributed by atoms with E-state index in [9.17, 15) is 4.79 Å². The van der Waals surface area contributed by atoms with Crippen LogP contribution in [-0.4, -0.2) is 28.5 Å². The molecule has 96 valence electrons. The van der Waals surface area contributed by atoms with Gasteiger partial charge in [-0.1, -0.05) is 23.9 Å². The van der Waals surface area contributed by atoms with Crippen LogP contribution in [0.1, 0.15) is 18.4 Å². The normalized spacial score (nSPS) is 14.3. The number of aryl methyl sites for hydroxylation is 1. The number of aliphatic imine (C=N–C) groups is 1. The van der Waals surface area contributed by atoms with E-state index in [0.29, 0.717) is 6.42 Å². The van der Waals surface area contributed by atoms with Gasteiger partial charge < -0.3 is 10.4 Å². The van der Waals surface area contributed by atoms with Gasteiger partial charge in [-0.25, -0.2) is 0 Å². The number of amidine groups is 1. The molecule has 1 heterocycles. The number of rotatable bonds is 5. The molecule has 5 heteroatoms. The van der Waals surface area contributed by atoms with Crippen LogP contribution in [0.4, 0.5) is 5.69 Å². The molecule has 0 unspecified atom stereocenters. The minimum absolute atomic E-state index is 0.230. The molecule has 0 spiro atoms. The highest BCUT2D eigenvalue weighted by Crippen LogP contribution is 2.17. The summed E-state index contributed by atoms with van der Waals surface area (Å²) in [5.74, 6) is 0.319. The van der Waals surface area contributed by atoms with Crippen LogP contribution < -0.4 is 5.32 Å². The van der Waals surface area contributed by atoms with E-state index in [1.165, 1.54) is 5.56 Å². The fourth-order valence-corrected chi connectivity index (χ4v) is 2.48. The van der Waals surface area contributed by atoms with Crippen molar-refractivity contribution in [1.29, 1.82) is 0 Å². The van der Waals surface area contributed by atoms with E-state index in [1.54, 1.807) is 11.8 Å². The zero-order chi connectivity index (χ0) is 12.8. The van der Waals surface area contributed by atoms with Gasteiger partial charge in [0.2, 0.25) is 0 Å². The van der Waals surface area contributed by atoms with Gasteiger partial charge in [0.1, 0.15) is 0 Å². The monoisotopic (exact) mass is 264 g/mol. The number of nitrogens with one attached hydrogen (secondary N) is 1. The van der Waals surface area contributed by atoms with Gasteiger partial charge >= 0.3 is 5.97 Å². The molecule has 4 nitrogen and oxygen atoms in total. The second kappa shape index (κ2) is 6.44. The molecule has 0 amide bonds. The van der Waals surface area contributed by atoms with Crippen molar-refractivity contribution in [3.8, 4) is 0 Å². The lowest BCUT2D eigenvalue weighted by atomic mass is 10.1. The number of aliphatic carboxylic acids is 1. The number of nitrogens with zero attached hydrogens (tertiary/aromatic N) is 1. The summed E-state index contributed by atoms with van der Waals surface area (Å²) in [7, 11) is 0. The lowest BCUT2D eigenvalue weighted by molar-refractivity contribution is -0.137. The zero-order valence-electron chi connectivity index (χ0n) is 10.1. The third-order valence-electron chi connectivity index (χ3n) is 2.65. The summed E-state index contributed by atoms with van der Waals surface area (Å²) in [5.41, 5.74) is 2.20. The van der Waals surface area contributed by atoms with Gasteiger partial charge in [-0.05, 0) is 30.5 Å². The number of carboxylic acids is 1. The van der Waals surface area contributed by atoms with E-state index >= 15 is 0 Å². The maximum Gasteiger partial charge on any atom is 0.303 e. The zero-order valence-corrected chi connectivity index (χ0v) is 10.9. The van der Waals surface area contributed by atoms with Crippen LogP contribution in [0.3, 0.4) is 0 Å². The molecule has 2 N–H and O–H groups in total. The molecule has 1 aromatic carbocycles. The third kappa shape index (κ3) is 4.07. The first-order valence-electron chi connectivity index (χ1n) is 5.99. The molecule has 0 atom stereocenters. The molecule has 0 bridgehead atoms. The van der Waals surface area contributed by atoms with E-state index in [2.05, 4.69) is 10.3 Å². The fraction of sp³-hybridized carbons (Fsp3) is 0.385. The first-order chi connectivity index (χ1) is 8.74. The number of hydrogen-bond donors (Lipinski definition) is 2. The second-order valence-electron chi connectivity index (χ2n) is 4.10. The molecule has 0 fully saturated rings. The highest BCUT2D eigenvalue weighted by Gasteiger charge is 2.06. The van der Waals surface area contributed by atoms with Crippen LogP contribution in [0.25, 0.3) is 0 Å². The molecule has 0 aliphatic carbocycles. The van der Waals surface area contributed by atoms with E-state index in [4.69, 9.17) is 5.11 Å². The minimum atomic E-state index is -0.732. The third-order valence-corrected chi connectivity index (χ3v) is 3.54. The Morgan fingerprint density at radius 1 is 1.39 bits per heavy atom. The predicted molar refractivity (Wildman–Crippen MR) is 75.4 cm³/mol. The van der Waals surface area contributed by atoms with E-state index in [1.807, 2.05) is 24.3 Å². The van der Waals surface area contributed by atoms with Crippen molar-refractivity contribution in [3.63, 3.8) is 0 Å². The van der Waals surface area contributed by atoms with Gasteiger partial charge in [-0.2, -0.15) is 0 Å². The highest BCUT2D eigenvalue weighted by atomic mass is 32.2. The van der Waals surface area contributed by atoms with Crippen LogP contribution in [-0.2, 0) is 11.2 Å². The van der Waals surface area contributed by atoms with Gasteiger partial charge in [-0.3, -0.25) is 9.79 Å². The molecule has 1 aliphatic rings. The van der Waals surface area contributed by atoms with Crippen molar-refractivity contribution in [3.05, 3.63) is 29.8 Å². The molecule has 0 saturated carbocycles. The molecule has 0 radical (unpaired) electrons. The average Bonchev–Trinajstić information content (AvgIpc) is 2.84. The number of anilines is 1. The van der Waals surface area contributed by atoms with Crippen molar-refractivity contribution in [2.45, 2.75) is 19.3 Å². The SMILES string of the molecule is O=C(O)CCCc1ccc(NC2=NCCS2)cc1. The van der Waals surface area contributed by atoms with Gasteiger partial charge in [-0.15, -0.1) is 0 Å². The summed E-state index contributed by atoms with van der Waals surface area (Å²) >= 11 is 1.73. The highest BCUT2D eigenvalue weighted by molar-refractivity contribution is 8.14. The predicted octanol–water partition coefficient (Wildman–Crippen LogP) is 2.61. The topological polar surface area (TPSA) is 61.7 Å². The van der Waals surface area contributed by atoms with Gasteiger partial charge in [0, 0.05) is 17.9 Å². The molecular formula is C13H16N2O2S. The maximum absolute atomic E-state index is 10.4. The number of thioether (sulfide) groups is 1. The quantitative estimate of drug-likeness (QED) is 0.858. The Balaban J connectivity index is 1.83. The number of carbonyl (C=O) groups is 1. The van der Waals surface area contributed by atoms with Crippen LogP contribution in [0.5, 0.6) is 0 Å². The molecule has 0 aromatic heterocycles. The smallest absolute Gasteiger partial charge is 0.303 e. The van der Waals surface area contributed by atoms with Gasteiger partial charge in [0.05, 0.1) is 6.54 Å².